The lowest BCUT2D eigenvalue weighted by atomic mass is 9.57. The lowest BCUT2D eigenvalue weighted by Crippen LogP contribution is -2.38. The predicted octanol–water partition coefficient (Wildman–Crippen LogP) is 16.7. The Morgan fingerprint density at radius 1 is 0.556 bits per heavy atom. The van der Waals surface area contributed by atoms with Gasteiger partial charge in [-0.25, -0.2) is 4.98 Å². The average molecular weight is 954 g/mol. The number of thiazole rings is 1. The number of hydrogen-bond acceptors (Lipinski definition) is 3. The molecular weight excluding hydrogens is 890 g/mol. The van der Waals surface area contributed by atoms with E-state index in [1.54, 1.807) is 11.3 Å². The SMILES string of the molecule is CC(C)(C)c1ccc(Nc2cc3c(cc2-c2c4c(c5c6cc(C(C)(C)C)ccc6n6c5c2Bc2cc5nc(-c7ccccc7)sc5cc2-6)-c2ccccc2C4(C)C)-c2cc(C(C)(C)C)ccc2C3(C)C)cc1. The molecule has 1 N–H and O–H groups in total. The molecule has 0 amide bonds. The van der Waals surface area contributed by atoms with Crippen LogP contribution in [0.4, 0.5) is 11.4 Å². The van der Waals surface area contributed by atoms with E-state index in [1.165, 1.54) is 115 Å². The predicted molar refractivity (Wildman–Crippen MR) is 312 cm³/mol. The quantitative estimate of drug-likeness (QED) is 0.178. The maximum Gasteiger partial charge on any atom is 0.198 e. The molecule has 2 aromatic heterocycles. The van der Waals surface area contributed by atoms with Crippen molar-refractivity contribution in [3.05, 3.63) is 178 Å². The number of anilines is 2. The Morgan fingerprint density at radius 2 is 1.19 bits per heavy atom. The molecule has 0 bridgehead atoms. The van der Waals surface area contributed by atoms with Gasteiger partial charge in [0, 0.05) is 55.3 Å². The molecule has 0 fully saturated rings. The molecule has 3 nitrogen and oxygen atoms in total. The third-order valence-corrected chi connectivity index (χ3v) is 17.9. The van der Waals surface area contributed by atoms with Gasteiger partial charge in [-0.15, -0.1) is 11.3 Å². The molecule has 0 saturated heterocycles. The summed E-state index contributed by atoms with van der Waals surface area (Å²) in [6.07, 6.45) is 0. The summed E-state index contributed by atoms with van der Waals surface area (Å²) in [6.45, 7) is 30.8. The highest BCUT2D eigenvalue weighted by atomic mass is 32.1. The molecule has 8 aromatic carbocycles. The van der Waals surface area contributed by atoms with Gasteiger partial charge in [-0.3, -0.25) is 0 Å². The summed E-state index contributed by atoms with van der Waals surface area (Å²) in [5.41, 5.74) is 28.1. The van der Waals surface area contributed by atoms with Crippen molar-refractivity contribution < 1.29 is 0 Å². The minimum atomic E-state index is -0.313. The number of fused-ring (bicyclic) bond motifs is 13. The highest BCUT2D eigenvalue weighted by molar-refractivity contribution is 7.21. The third kappa shape index (κ3) is 6.51. The smallest absolute Gasteiger partial charge is 0.198 e. The fraction of sp³-hybridized carbons (Fsp3) is 0.269. The first kappa shape index (κ1) is 45.2. The van der Waals surface area contributed by atoms with Crippen LogP contribution >= 0.6 is 11.3 Å². The summed E-state index contributed by atoms with van der Waals surface area (Å²) in [5.74, 6) is 0. The van der Waals surface area contributed by atoms with E-state index in [0.717, 1.165) is 34.7 Å². The second-order valence-corrected chi connectivity index (χ2v) is 26.4. The Balaban J connectivity index is 1.18. The van der Waals surface area contributed by atoms with Crippen LogP contribution in [0, 0.1) is 0 Å². The standard InChI is InChI=1S/C67H64BN3S/c1-63(2,3)38-23-27-41(28-24-38)69-51-34-49-44(43-31-39(64(4,5)6)25-29-48(43)66(49,10)11)33-45(51)58-59-56(42-21-17-18-22-47(42)67(59,12)13)57-46-32-40(65(7,8)9)26-30-53(46)71-54-36-55-52(35-50(54)68-60(58)61(57)71)70-62(72-55)37-19-15-14-16-20-37/h14-36,68-69H,1-13H3. The summed E-state index contributed by atoms with van der Waals surface area (Å²) in [5, 5.41) is 7.91. The normalized spacial score (nSPS) is 15.1. The summed E-state index contributed by atoms with van der Waals surface area (Å²) in [6, 6.07) is 53.8. The number of benzene rings is 8. The molecule has 356 valence electrons. The van der Waals surface area contributed by atoms with E-state index in [9.17, 15) is 0 Å². The number of aromatic nitrogens is 2. The first-order valence-corrected chi connectivity index (χ1v) is 26.9. The molecule has 3 aliphatic rings. The van der Waals surface area contributed by atoms with Gasteiger partial charge in [-0.2, -0.15) is 0 Å². The Hall–Kier alpha value is -6.69. The Kier molecular flexibility index (Phi) is 9.39. The highest BCUT2D eigenvalue weighted by Gasteiger charge is 2.44. The Bertz CT molecular complexity index is 3950. The van der Waals surface area contributed by atoms with Crippen molar-refractivity contribution in [2.75, 3.05) is 5.32 Å². The van der Waals surface area contributed by atoms with Gasteiger partial charge in [0.1, 0.15) is 5.01 Å². The summed E-state index contributed by atoms with van der Waals surface area (Å²) >= 11 is 1.80. The minimum Gasteiger partial charge on any atom is -0.355 e. The van der Waals surface area contributed by atoms with Crippen LogP contribution in [0.3, 0.4) is 0 Å². The molecule has 2 aliphatic carbocycles. The van der Waals surface area contributed by atoms with E-state index in [1.807, 2.05) is 0 Å². The van der Waals surface area contributed by atoms with Crippen molar-refractivity contribution in [2.24, 2.45) is 0 Å². The van der Waals surface area contributed by atoms with Crippen molar-refractivity contribution >= 4 is 72.9 Å². The van der Waals surface area contributed by atoms with Crippen LogP contribution in [-0.4, -0.2) is 16.8 Å². The number of nitrogens with zero attached hydrogens (tertiary/aromatic N) is 2. The Labute approximate surface area is 430 Å². The second kappa shape index (κ2) is 15.0. The zero-order valence-electron chi connectivity index (χ0n) is 44.3. The largest absolute Gasteiger partial charge is 0.355 e. The van der Waals surface area contributed by atoms with Crippen molar-refractivity contribution in [3.63, 3.8) is 0 Å². The first-order chi connectivity index (χ1) is 34.1. The van der Waals surface area contributed by atoms with Gasteiger partial charge in [-0.05, 0) is 137 Å². The molecule has 72 heavy (non-hydrogen) atoms. The molecule has 13 rings (SSSR count). The van der Waals surface area contributed by atoms with Crippen LogP contribution < -0.4 is 16.2 Å². The van der Waals surface area contributed by atoms with Crippen LogP contribution in [0.15, 0.2) is 140 Å². The fourth-order valence-electron chi connectivity index (χ4n) is 12.8. The van der Waals surface area contributed by atoms with E-state index in [0.29, 0.717) is 0 Å². The first-order valence-electron chi connectivity index (χ1n) is 26.1. The van der Waals surface area contributed by atoms with E-state index >= 15 is 0 Å². The van der Waals surface area contributed by atoms with Crippen LogP contribution in [0.2, 0.25) is 0 Å². The molecular formula is C67H64BN3S. The number of nitrogens with one attached hydrogen (secondary N) is 1. The highest BCUT2D eigenvalue weighted by Crippen LogP contribution is 2.59. The van der Waals surface area contributed by atoms with Crippen LogP contribution in [0.1, 0.15) is 129 Å². The van der Waals surface area contributed by atoms with Crippen molar-refractivity contribution in [1.82, 2.24) is 9.55 Å². The summed E-state index contributed by atoms with van der Waals surface area (Å²) < 4.78 is 3.87. The van der Waals surface area contributed by atoms with Crippen LogP contribution in [-0.2, 0) is 27.1 Å². The summed E-state index contributed by atoms with van der Waals surface area (Å²) in [4.78, 5) is 5.35. The molecule has 0 radical (unpaired) electrons. The Morgan fingerprint density at radius 3 is 1.92 bits per heavy atom. The molecule has 0 saturated carbocycles. The topological polar surface area (TPSA) is 29.9 Å². The van der Waals surface area contributed by atoms with Crippen LogP contribution in [0.25, 0.3) is 81.7 Å². The molecule has 10 aromatic rings. The van der Waals surface area contributed by atoms with Gasteiger partial charge < -0.3 is 9.88 Å². The third-order valence-electron chi connectivity index (χ3n) is 16.9. The molecule has 0 atom stereocenters. The molecule has 1 aliphatic heterocycles. The van der Waals surface area contributed by atoms with Gasteiger partial charge in [0.15, 0.2) is 7.28 Å². The average Bonchev–Trinajstić information content (AvgIpc) is 4.04. The van der Waals surface area contributed by atoms with Gasteiger partial charge in [0.05, 0.1) is 15.7 Å². The molecule has 0 unspecified atom stereocenters. The van der Waals surface area contributed by atoms with Gasteiger partial charge >= 0.3 is 0 Å². The maximum atomic E-state index is 5.35. The zero-order valence-corrected chi connectivity index (χ0v) is 45.1. The van der Waals surface area contributed by atoms with Gasteiger partial charge in [-0.1, -0.05) is 186 Å². The van der Waals surface area contributed by atoms with E-state index in [4.69, 9.17) is 4.98 Å². The van der Waals surface area contributed by atoms with Gasteiger partial charge in [0.25, 0.3) is 0 Å². The van der Waals surface area contributed by atoms with E-state index in [2.05, 4.69) is 239 Å². The summed E-state index contributed by atoms with van der Waals surface area (Å²) in [7, 11) is 0.782. The fourth-order valence-corrected chi connectivity index (χ4v) is 13.8. The minimum absolute atomic E-state index is 0.00947. The molecule has 0 spiro atoms. The zero-order chi connectivity index (χ0) is 50.2. The van der Waals surface area contributed by atoms with Crippen molar-refractivity contribution in [3.8, 4) is 49.6 Å². The van der Waals surface area contributed by atoms with Crippen molar-refractivity contribution in [1.29, 1.82) is 0 Å². The molecule has 5 heteroatoms. The van der Waals surface area contributed by atoms with Gasteiger partial charge in [0.2, 0.25) is 0 Å². The van der Waals surface area contributed by atoms with Crippen LogP contribution in [0.5, 0.6) is 0 Å². The lowest BCUT2D eigenvalue weighted by molar-refractivity contribution is 0.589. The monoisotopic (exact) mass is 953 g/mol. The van der Waals surface area contributed by atoms with E-state index in [-0.39, 0.29) is 27.1 Å². The number of hydrogen-bond donors (Lipinski definition) is 1. The number of rotatable bonds is 4. The maximum absolute atomic E-state index is 5.35. The lowest BCUT2D eigenvalue weighted by Gasteiger charge is -2.31. The molecule has 3 heterocycles. The van der Waals surface area contributed by atoms with E-state index < -0.39 is 0 Å². The second-order valence-electron chi connectivity index (χ2n) is 25.4. The van der Waals surface area contributed by atoms with Crippen molar-refractivity contribution in [2.45, 2.75) is 117 Å².